The van der Waals surface area contributed by atoms with Gasteiger partial charge in [0.25, 0.3) is 0 Å². The van der Waals surface area contributed by atoms with Crippen LogP contribution in [0.1, 0.15) is 18.0 Å². The third kappa shape index (κ3) is 6.39. The fourth-order valence-electron chi connectivity index (χ4n) is 4.25. The maximum atomic E-state index is 12.2. The van der Waals surface area contributed by atoms with Crippen molar-refractivity contribution in [3.8, 4) is 5.75 Å². The zero-order chi connectivity index (χ0) is 27.1. The molecule has 2 heterocycles. The van der Waals surface area contributed by atoms with Gasteiger partial charge in [0.2, 0.25) is 5.91 Å². The van der Waals surface area contributed by atoms with Crippen LogP contribution in [-0.4, -0.2) is 68.7 Å². The fraction of sp³-hybridized carbons (Fsp3) is 0.321. The Bertz CT molecular complexity index is 1250. The highest BCUT2D eigenvalue weighted by atomic mass is 16.7. The number of methoxy groups -OCH3 is 1. The van der Waals surface area contributed by atoms with Gasteiger partial charge in [-0.05, 0) is 31.8 Å². The molecule has 10 nitrogen and oxygen atoms in total. The molecule has 4 rings (SSSR count). The van der Waals surface area contributed by atoms with E-state index >= 15 is 0 Å². The summed E-state index contributed by atoms with van der Waals surface area (Å²) in [5.41, 5.74) is 3.25. The standard InChI is InChI=1S/C28H35N7O3/c1-6-28(36)32-21-16-22(25(37-5)17-24(21)34(4)14-13-33(2)3)31-26-18-27(30-19-29-26)35-23(12-15-38-35)20-10-8-7-9-11-20/h6-11,16-19,23H,1,12-15H2,2-5H3,(H,32,36)(H,29,30,31)/t23-/m1/s1. The Morgan fingerprint density at radius 3 is 2.66 bits per heavy atom. The summed E-state index contributed by atoms with van der Waals surface area (Å²) in [6.45, 7) is 5.80. The van der Waals surface area contributed by atoms with Crippen molar-refractivity contribution in [3.63, 3.8) is 0 Å². The van der Waals surface area contributed by atoms with Gasteiger partial charge in [-0.25, -0.2) is 15.0 Å². The monoisotopic (exact) mass is 517 g/mol. The molecule has 10 heteroatoms. The Morgan fingerprint density at radius 1 is 1.16 bits per heavy atom. The van der Waals surface area contributed by atoms with Crippen molar-refractivity contribution < 1.29 is 14.4 Å². The molecule has 3 aromatic rings. The highest BCUT2D eigenvalue weighted by Gasteiger charge is 2.29. The van der Waals surface area contributed by atoms with Gasteiger partial charge in [-0.3, -0.25) is 9.63 Å². The molecule has 2 N–H and O–H groups in total. The molecule has 0 bridgehead atoms. The van der Waals surface area contributed by atoms with Crippen LogP contribution >= 0.6 is 0 Å². The topological polar surface area (TPSA) is 95.1 Å². The van der Waals surface area contributed by atoms with E-state index in [0.29, 0.717) is 35.4 Å². The van der Waals surface area contributed by atoms with Crippen LogP contribution in [0.5, 0.6) is 5.75 Å². The van der Waals surface area contributed by atoms with Crippen molar-refractivity contribution in [2.45, 2.75) is 12.5 Å². The second-order valence-corrected chi connectivity index (χ2v) is 9.25. The van der Waals surface area contributed by atoms with Gasteiger partial charge in [0, 0.05) is 38.7 Å². The van der Waals surface area contributed by atoms with E-state index in [1.807, 2.05) is 62.6 Å². The van der Waals surface area contributed by atoms with E-state index in [2.05, 4.69) is 49.1 Å². The Hall–Kier alpha value is -4.15. The molecule has 38 heavy (non-hydrogen) atoms. The molecule has 0 unspecified atom stereocenters. The van der Waals surface area contributed by atoms with Crippen molar-refractivity contribution in [2.24, 2.45) is 0 Å². The number of nitrogens with one attached hydrogen (secondary N) is 2. The van der Waals surface area contributed by atoms with Gasteiger partial charge < -0.3 is 25.2 Å². The van der Waals surface area contributed by atoms with Gasteiger partial charge in [-0.1, -0.05) is 36.9 Å². The highest BCUT2D eigenvalue weighted by Crippen LogP contribution is 2.39. The molecule has 1 aromatic heterocycles. The lowest BCUT2D eigenvalue weighted by atomic mass is 10.0. The average Bonchev–Trinajstić information content (AvgIpc) is 3.42. The normalized spacial score (nSPS) is 14.9. The number of amides is 1. The van der Waals surface area contributed by atoms with Crippen molar-refractivity contribution in [1.29, 1.82) is 0 Å². The average molecular weight is 518 g/mol. The van der Waals surface area contributed by atoms with Crippen LogP contribution < -0.4 is 25.3 Å². The van der Waals surface area contributed by atoms with Gasteiger partial charge in [0.1, 0.15) is 17.9 Å². The Labute approximate surface area is 223 Å². The van der Waals surface area contributed by atoms with Crippen LogP contribution in [0.25, 0.3) is 0 Å². The zero-order valence-electron chi connectivity index (χ0n) is 22.3. The molecule has 1 saturated heterocycles. The maximum absolute atomic E-state index is 12.2. The number of aromatic nitrogens is 2. The van der Waals surface area contributed by atoms with Crippen LogP contribution in [0.2, 0.25) is 0 Å². The smallest absolute Gasteiger partial charge is 0.247 e. The molecule has 1 amide bonds. The minimum atomic E-state index is -0.300. The van der Waals surface area contributed by atoms with E-state index in [-0.39, 0.29) is 11.9 Å². The molecule has 0 saturated carbocycles. The van der Waals surface area contributed by atoms with E-state index < -0.39 is 0 Å². The minimum Gasteiger partial charge on any atom is -0.494 e. The Kier molecular flexibility index (Phi) is 8.77. The molecule has 0 radical (unpaired) electrons. The highest BCUT2D eigenvalue weighted by molar-refractivity contribution is 6.02. The van der Waals surface area contributed by atoms with E-state index in [9.17, 15) is 4.79 Å². The summed E-state index contributed by atoms with van der Waals surface area (Å²) in [4.78, 5) is 31.2. The van der Waals surface area contributed by atoms with Crippen molar-refractivity contribution in [3.05, 3.63) is 73.1 Å². The third-order valence-electron chi connectivity index (χ3n) is 6.29. The quantitative estimate of drug-likeness (QED) is 0.362. The SMILES string of the molecule is C=CC(=O)Nc1cc(Nc2cc(N3OCC[C@@H]3c3ccccc3)ncn2)c(OC)cc1N(C)CCN(C)C. The summed E-state index contributed by atoms with van der Waals surface area (Å²) in [6.07, 6.45) is 3.61. The predicted molar refractivity (Wildman–Crippen MR) is 151 cm³/mol. The molecule has 1 fully saturated rings. The number of carbonyl (C=O) groups excluding carboxylic acids is 1. The largest absolute Gasteiger partial charge is 0.494 e. The maximum Gasteiger partial charge on any atom is 0.247 e. The molecule has 1 aliphatic rings. The van der Waals surface area contributed by atoms with E-state index in [4.69, 9.17) is 9.57 Å². The number of ether oxygens (including phenoxy) is 1. The molecule has 2 aromatic carbocycles. The molecule has 200 valence electrons. The second-order valence-electron chi connectivity index (χ2n) is 9.25. The van der Waals surface area contributed by atoms with Gasteiger partial charge >= 0.3 is 0 Å². The number of likely N-dealkylation sites (N-methyl/N-ethyl adjacent to an activating group) is 2. The fourth-order valence-corrected chi connectivity index (χ4v) is 4.25. The summed E-state index contributed by atoms with van der Waals surface area (Å²) in [6, 6.07) is 15.9. The number of carbonyl (C=O) groups is 1. The van der Waals surface area contributed by atoms with Gasteiger partial charge in [0.15, 0.2) is 5.82 Å². The van der Waals surface area contributed by atoms with Crippen molar-refractivity contribution in [1.82, 2.24) is 14.9 Å². The molecule has 0 aliphatic carbocycles. The first kappa shape index (κ1) is 26.9. The molecular weight excluding hydrogens is 482 g/mol. The number of hydroxylamine groups is 1. The van der Waals surface area contributed by atoms with Crippen LogP contribution in [0.15, 0.2) is 67.5 Å². The lowest BCUT2D eigenvalue weighted by Crippen LogP contribution is -2.29. The molecule has 1 atom stereocenters. The van der Waals surface area contributed by atoms with Crippen molar-refractivity contribution >= 4 is 34.6 Å². The first-order valence-electron chi connectivity index (χ1n) is 12.5. The first-order chi connectivity index (χ1) is 18.4. The Morgan fingerprint density at radius 2 is 1.95 bits per heavy atom. The van der Waals surface area contributed by atoms with E-state index in [1.54, 1.807) is 7.11 Å². The summed E-state index contributed by atoms with van der Waals surface area (Å²) in [5, 5.41) is 8.08. The van der Waals surface area contributed by atoms with E-state index in [1.165, 1.54) is 12.4 Å². The second kappa shape index (κ2) is 12.4. The first-order valence-corrected chi connectivity index (χ1v) is 12.5. The molecular formula is C28H35N7O3. The summed E-state index contributed by atoms with van der Waals surface area (Å²) < 4.78 is 5.71. The van der Waals surface area contributed by atoms with Gasteiger partial charge in [-0.2, -0.15) is 0 Å². The summed E-state index contributed by atoms with van der Waals surface area (Å²) >= 11 is 0. The number of hydrogen-bond acceptors (Lipinski definition) is 9. The van der Waals surface area contributed by atoms with Crippen LogP contribution in [0, 0.1) is 0 Å². The zero-order valence-corrected chi connectivity index (χ0v) is 22.3. The number of benzene rings is 2. The lowest BCUT2D eigenvalue weighted by molar-refractivity contribution is -0.111. The third-order valence-corrected chi connectivity index (χ3v) is 6.29. The van der Waals surface area contributed by atoms with Crippen molar-refractivity contribution in [2.75, 3.05) is 68.5 Å². The number of nitrogens with zero attached hydrogens (tertiary/aromatic N) is 5. The van der Waals surface area contributed by atoms with Crippen LogP contribution in [0.4, 0.5) is 28.7 Å². The number of anilines is 5. The molecule has 0 spiro atoms. The number of rotatable bonds is 11. The van der Waals surface area contributed by atoms with Gasteiger partial charge in [-0.15, -0.1) is 0 Å². The molecule has 1 aliphatic heterocycles. The minimum absolute atomic E-state index is 0.0613. The number of hydrogen-bond donors (Lipinski definition) is 2. The van der Waals surface area contributed by atoms with Crippen LogP contribution in [0.3, 0.4) is 0 Å². The lowest BCUT2D eigenvalue weighted by Gasteiger charge is -2.26. The Balaban J connectivity index is 1.63. The van der Waals surface area contributed by atoms with Gasteiger partial charge in [0.05, 0.1) is 36.8 Å². The summed E-state index contributed by atoms with van der Waals surface area (Å²) in [5.74, 6) is 1.51. The van der Waals surface area contributed by atoms with E-state index in [0.717, 1.165) is 30.8 Å². The predicted octanol–water partition coefficient (Wildman–Crippen LogP) is 4.23. The summed E-state index contributed by atoms with van der Waals surface area (Å²) in [7, 11) is 7.63. The van der Waals surface area contributed by atoms with Crippen LogP contribution in [-0.2, 0) is 9.63 Å².